The number of para-hydroxylation sites is 1. The molecule has 0 saturated carbocycles. The highest BCUT2D eigenvalue weighted by atomic mass is 35.5. The summed E-state index contributed by atoms with van der Waals surface area (Å²) in [5.41, 5.74) is 6.11. The maximum absolute atomic E-state index is 5.81. The van der Waals surface area contributed by atoms with Gasteiger partial charge >= 0.3 is 0 Å². The topological polar surface area (TPSA) is 47.7 Å². The number of halogens is 1. The van der Waals surface area contributed by atoms with Gasteiger partial charge in [-0.25, -0.2) is 0 Å². The Labute approximate surface area is 134 Å². The van der Waals surface area contributed by atoms with Gasteiger partial charge in [0, 0.05) is 13.1 Å². The summed E-state index contributed by atoms with van der Waals surface area (Å²) >= 11 is 0. The molecule has 1 heterocycles. The zero-order valence-corrected chi connectivity index (χ0v) is 13.6. The maximum Gasteiger partial charge on any atom is 0.119 e. The van der Waals surface area contributed by atoms with E-state index in [1.807, 2.05) is 30.3 Å². The average molecular weight is 315 g/mol. The van der Waals surface area contributed by atoms with Gasteiger partial charge in [0.1, 0.15) is 12.4 Å². The summed E-state index contributed by atoms with van der Waals surface area (Å²) in [4.78, 5) is 2.44. The number of nitrogens with two attached hydrogens (primary N) is 1. The van der Waals surface area contributed by atoms with Gasteiger partial charge in [-0.3, -0.25) is 0 Å². The zero-order valence-electron chi connectivity index (χ0n) is 12.8. The van der Waals surface area contributed by atoms with E-state index < -0.39 is 0 Å². The van der Waals surface area contributed by atoms with Crippen LogP contribution in [0.25, 0.3) is 0 Å². The van der Waals surface area contributed by atoms with E-state index in [1.165, 1.54) is 6.42 Å². The van der Waals surface area contributed by atoms with Crippen molar-refractivity contribution in [1.29, 1.82) is 0 Å². The molecule has 21 heavy (non-hydrogen) atoms. The molecule has 5 heteroatoms. The van der Waals surface area contributed by atoms with Crippen LogP contribution in [0.4, 0.5) is 0 Å². The molecule has 0 spiro atoms. The van der Waals surface area contributed by atoms with E-state index in [1.54, 1.807) is 0 Å². The fourth-order valence-electron chi connectivity index (χ4n) is 2.51. The molecule has 2 N–H and O–H groups in total. The fourth-order valence-corrected chi connectivity index (χ4v) is 2.51. The van der Waals surface area contributed by atoms with Crippen LogP contribution in [0.2, 0.25) is 0 Å². The third kappa shape index (κ3) is 6.22. The lowest BCUT2D eigenvalue weighted by molar-refractivity contribution is 0.0825. The molecule has 1 unspecified atom stereocenters. The van der Waals surface area contributed by atoms with Crippen LogP contribution in [0.1, 0.15) is 13.3 Å². The molecule has 1 aromatic rings. The van der Waals surface area contributed by atoms with Crippen molar-refractivity contribution in [3.05, 3.63) is 30.3 Å². The lowest BCUT2D eigenvalue weighted by atomic mass is 9.90. The molecule has 0 aliphatic carbocycles. The Hall–Kier alpha value is -0.810. The molecule has 1 saturated heterocycles. The van der Waals surface area contributed by atoms with E-state index in [4.69, 9.17) is 15.2 Å². The number of hydrogen-bond donors (Lipinski definition) is 1. The van der Waals surface area contributed by atoms with Crippen molar-refractivity contribution in [2.24, 2.45) is 11.1 Å². The van der Waals surface area contributed by atoms with E-state index in [0.29, 0.717) is 18.6 Å². The molecule has 4 nitrogen and oxygen atoms in total. The van der Waals surface area contributed by atoms with Gasteiger partial charge in [-0.1, -0.05) is 25.1 Å². The van der Waals surface area contributed by atoms with Crippen molar-refractivity contribution >= 4 is 12.4 Å². The van der Waals surface area contributed by atoms with Gasteiger partial charge in [0.15, 0.2) is 0 Å². The van der Waals surface area contributed by atoms with Crippen LogP contribution in [0.15, 0.2) is 30.3 Å². The molecular formula is C16H27ClN2O2. The number of benzene rings is 1. The summed E-state index contributed by atoms with van der Waals surface area (Å²) in [5.74, 6) is 0.898. The number of hydrogen-bond acceptors (Lipinski definition) is 4. The molecule has 1 aliphatic rings. The summed E-state index contributed by atoms with van der Waals surface area (Å²) in [5, 5.41) is 0. The Bertz CT molecular complexity index is 391. The summed E-state index contributed by atoms with van der Waals surface area (Å²) in [6, 6.07) is 9.83. The Morgan fingerprint density at radius 2 is 1.95 bits per heavy atom. The smallest absolute Gasteiger partial charge is 0.119 e. The molecular weight excluding hydrogens is 288 g/mol. The van der Waals surface area contributed by atoms with Gasteiger partial charge in [-0.05, 0) is 37.1 Å². The number of nitrogens with zero attached hydrogens (tertiary/aromatic N) is 1. The number of likely N-dealkylation sites (tertiary alicyclic amines) is 1. The highest BCUT2D eigenvalue weighted by Crippen LogP contribution is 2.27. The average Bonchev–Trinajstić information content (AvgIpc) is 2.86. The van der Waals surface area contributed by atoms with Crippen LogP contribution in [0.5, 0.6) is 5.75 Å². The first kappa shape index (κ1) is 18.2. The van der Waals surface area contributed by atoms with Crippen molar-refractivity contribution in [2.45, 2.75) is 13.3 Å². The Morgan fingerprint density at radius 3 is 2.62 bits per heavy atom. The molecule has 2 rings (SSSR count). The number of rotatable bonds is 8. The first-order valence-electron chi connectivity index (χ1n) is 7.40. The summed E-state index contributed by atoms with van der Waals surface area (Å²) in [6.07, 6.45) is 1.20. The predicted octanol–water partition coefficient (Wildman–Crippen LogP) is 2.17. The fraction of sp³-hybridized carbons (Fsp3) is 0.625. The van der Waals surface area contributed by atoms with Crippen LogP contribution in [-0.2, 0) is 4.74 Å². The maximum atomic E-state index is 5.81. The van der Waals surface area contributed by atoms with E-state index in [2.05, 4.69) is 11.8 Å². The van der Waals surface area contributed by atoms with E-state index in [9.17, 15) is 0 Å². The highest BCUT2D eigenvalue weighted by Gasteiger charge is 2.31. The largest absolute Gasteiger partial charge is 0.491 e. The lowest BCUT2D eigenvalue weighted by Gasteiger charge is -2.22. The third-order valence-corrected chi connectivity index (χ3v) is 3.92. The van der Waals surface area contributed by atoms with Crippen LogP contribution in [0.3, 0.4) is 0 Å². The second kappa shape index (κ2) is 9.26. The third-order valence-electron chi connectivity index (χ3n) is 3.92. The van der Waals surface area contributed by atoms with Gasteiger partial charge < -0.3 is 20.1 Å². The normalized spacial score (nSPS) is 22.0. The predicted molar refractivity (Wildman–Crippen MR) is 88.2 cm³/mol. The first-order chi connectivity index (χ1) is 9.72. The Kier molecular flexibility index (Phi) is 8.04. The van der Waals surface area contributed by atoms with Gasteiger partial charge in [0.05, 0.1) is 13.2 Å². The Morgan fingerprint density at radius 1 is 1.19 bits per heavy atom. The first-order valence-corrected chi connectivity index (χ1v) is 7.40. The lowest BCUT2D eigenvalue weighted by Crippen LogP contribution is -2.32. The van der Waals surface area contributed by atoms with Gasteiger partial charge in [0.25, 0.3) is 0 Å². The van der Waals surface area contributed by atoms with E-state index in [-0.39, 0.29) is 12.4 Å². The zero-order chi connectivity index (χ0) is 14.3. The second-order valence-electron chi connectivity index (χ2n) is 5.81. The minimum atomic E-state index is 0. The van der Waals surface area contributed by atoms with Crippen molar-refractivity contribution in [1.82, 2.24) is 4.90 Å². The molecule has 120 valence electrons. The standard InChI is InChI=1S/C16H26N2O2.ClH/c1-16(13-17)7-8-18(14-16)9-10-19-11-12-20-15-5-3-2-4-6-15;/h2-6H,7-14,17H2,1H3;1H. The molecule has 1 fully saturated rings. The van der Waals surface area contributed by atoms with Gasteiger partial charge in [0.2, 0.25) is 0 Å². The molecule has 1 atom stereocenters. The summed E-state index contributed by atoms with van der Waals surface area (Å²) in [7, 11) is 0. The molecule has 0 aromatic heterocycles. The van der Waals surface area contributed by atoms with Gasteiger partial charge in [-0.15, -0.1) is 12.4 Å². The molecule has 1 aromatic carbocycles. The van der Waals surface area contributed by atoms with Gasteiger partial charge in [-0.2, -0.15) is 0 Å². The van der Waals surface area contributed by atoms with Crippen LogP contribution < -0.4 is 10.5 Å². The molecule has 1 aliphatic heterocycles. The molecule has 0 bridgehead atoms. The van der Waals surface area contributed by atoms with Crippen LogP contribution >= 0.6 is 12.4 Å². The second-order valence-corrected chi connectivity index (χ2v) is 5.81. The highest BCUT2D eigenvalue weighted by molar-refractivity contribution is 5.85. The minimum absolute atomic E-state index is 0. The van der Waals surface area contributed by atoms with E-state index in [0.717, 1.165) is 38.5 Å². The van der Waals surface area contributed by atoms with Crippen molar-refractivity contribution < 1.29 is 9.47 Å². The molecule has 0 amide bonds. The van der Waals surface area contributed by atoms with Crippen LogP contribution in [-0.4, -0.2) is 50.9 Å². The van der Waals surface area contributed by atoms with E-state index >= 15 is 0 Å². The summed E-state index contributed by atoms with van der Waals surface area (Å²) in [6.45, 7) is 8.25. The Balaban J connectivity index is 0.00000220. The quantitative estimate of drug-likeness (QED) is 0.747. The SMILES string of the molecule is CC1(CN)CCN(CCOCCOc2ccccc2)C1.Cl. The van der Waals surface area contributed by atoms with Crippen LogP contribution in [0, 0.1) is 5.41 Å². The van der Waals surface area contributed by atoms with Crippen molar-refractivity contribution in [3.63, 3.8) is 0 Å². The molecule has 0 radical (unpaired) electrons. The summed E-state index contributed by atoms with van der Waals surface area (Å²) < 4.78 is 11.2. The van der Waals surface area contributed by atoms with Crippen molar-refractivity contribution in [3.8, 4) is 5.75 Å². The van der Waals surface area contributed by atoms with Crippen molar-refractivity contribution in [2.75, 3.05) is 46.0 Å². The number of ether oxygens (including phenoxy) is 2. The minimum Gasteiger partial charge on any atom is -0.491 e. The monoisotopic (exact) mass is 314 g/mol.